The maximum atomic E-state index is 12.1. The molecule has 0 aromatic rings. The van der Waals surface area contributed by atoms with Crippen molar-refractivity contribution in [3.63, 3.8) is 0 Å². The van der Waals surface area contributed by atoms with E-state index in [1.807, 2.05) is 25.8 Å². The van der Waals surface area contributed by atoms with Gasteiger partial charge in [0.2, 0.25) is 5.91 Å². The fraction of sp³-hybridized carbons (Fsp3) is 0.917. The molecule has 1 fully saturated rings. The number of hydrogen-bond acceptors (Lipinski definition) is 3. The first-order valence-corrected chi connectivity index (χ1v) is 6.14. The zero-order chi connectivity index (χ0) is 12.3. The van der Waals surface area contributed by atoms with Gasteiger partial charge in [0.15, 0.2) is 0 Å². The van der Waals surface area contributed by atoms with Crippen molar-refractivity contribution in [2.24, 2.45) is 11.7 Å². The number of carbonyl (C=O) groups excluding carboxylic acids is 1. The third kappa shape index (κ3) is 3.19. The second kappa shape index (κ2) is 5.64. The Labute approximate surface area is 98.8 Å². The van der Waals surface area contributed by atoms with E-state index in [1.54, 1.807) is 0 Å². The average Bonchev–Trinajstić information content (AvgIpc) is 2.27. The van der Waals surface area contributed by atoms with Gasteiger partial charge in [0.25, 0.3) is 0 Å². The molecular weight excluding hydrogens is 202 g/mol. The molecule has 1 saturated heterocycles. The lowest BCUT2D eigenvalue weighted by atomic mass is 10.00. The molecular formula is C12H25N3O. The molecule has 1 rings (SSSR count). The van der Waals surface area contributed by atoms with E-state index >= 15 is 0 Å². The number of amides is 1. The molecule has 0 radical (unpaired) electrons. The number of likely N-dealkylation sites (tertiary alicyclic amines) is 1. The predicted octanol–water partition coefficient (Wildman–Crippen LogP) is 0.522. The SMILES string of the molecule is CC(C)[C@H](N)C(=O)N(C)C1CCN(C)CC1. The van der Waals surface area contributed by atoms with E-state index in [0.717, 1.165) is 25.9 Å². The van der Waals surface area contributed by atoms with Gasteiger partial charge in [-0.2, -0.15) is 0 Å². The molecule has 1 aliphatic rings. The van der Waals surface area contributed by atoms with Gasteiger partial charge >= 0.3 is 0 Å². The van der Waals surface area contributed by atoms with Crippen LogP contribution in [0.3, 0.4) is 0 Å². The molecule has 1 amide bonds. The highest BCUT2D eigenvalue weighted by Crippen LogP contribution is 2.15. The van der Waals surface area contributed by atoms with Gasteiger partial charge < -0.3 is 15.5 Å². The van der Waals surface area contributed by atoms with Crippen LogP contribution >= 0.6 is 0 Å². The number of hydrogen-bond donors (Lipinski definition) is 1. The molecule has 0 saturated carbocycles. The molecule has 4 nitrogen and oxygen atoms in total. The molecule has 16 heavy (non-hydrogen) atoms. The van der Waals surface area contributed by atoms with Gasteiger partial charge in [-0.1, -0.05) is 13.8 Å². The largest absolute Gasteiger partial charge is 0.341 e. The van der Waals surface area contributed by atoms with E-state index in [1.165, 1.54) is 0 Å². The maximum Gasteiger partial charge on any atom is 0.239 e. The number of rotatable bonds is 3. The molecule has 4 heteroatoms. The van der Waals surface area contributed by atoms with Crippen LogP contribution in [0.4, 0.5) is 0 Å². The van der Waals surface area contributed by atoms with E-state index in [2.05, 4.69) is 11.9 Å². The van der Waals surface area contributed by atoms with E-state index < -0.39 is 0 Å². The summed E-state index contributed by atoms with van der Waals surface area (Å²) in [6, 6.07) is 0.0122. The molecule has 0 aliphatic carbocycles. The minimum atomic E-state index is -0.357. The van der Waals surface area contributed by atoms with Crippen LogP contribution < -0.4 is 5.73 Å². The number of nitrogens with zero attached hydrogens (tertiary/aromatic N) is 2. The third-order valence-electron chi connectivity index (χ3n) is 3.59. The Kier molecular flexibility index (Phi) is 4.74. The fourth-order valence-corrected chi connectivity index (χ4v) is 2.08. The minimum absolute atomic E-state index is 0.0875. The lowest BCUT2D eigenvalue weighted by Gasteiger charge is -2.36. The van der Waals surface area contributed by atoms with Crippen LogP contribution in [0.1, 0.15) is 26.7 Å². The van der Waals surface area contributed by atoms with E-state index in [0.29, 0.717) is 6.04 Å². The van der Waals surface area contributed by atoms with Gasteiger partial charge in [-0.25, -0.2) is 0 Å². The molecule has 0 unspecified atom stereocenters. The second-order valence-electron chi connectivity index (χ2n) is 5.25. The Balaban J connectivity index is 2.50. The first-order chi connectivity index (χ1) is 7.43. The van der Waals surface area contributed by atoms with Crippen LogP contribution in [0.15, 0.2) is 0 Å². The van der Waals surface area contributed by atoms with E-state index in [9.17, 15) is 4.79 Å². The fourth-order valence-electron chi connectivity index (χ4n) is 2.08. The van der Waals surface area contributed by atoms with Crippen LogP contribution in [0.25, 0.3) is 0 Å². The van der Waals surface area contributed by atoms with Crippen LogP contribution in [-0.2, 0) is 4.79 Å². The molecule has 0 spiro atoms. The Morgan fingerprint density at radius 1 is 1.38 bits per heavy atom. The van der Waals surface area contributed by atoms with Crippen LogP contribution in [-0.4, -0.2) is 55.0 Å². The number of likely N-dealkylation sites (N-methyl/N-ethyl adjacent to an activating group) is 1. The van der Waals surface area contributed by atoms with Crippen molar-refractivity contribution >= 4 is 5.91 Å². The van der Waals surface area contributed by atoms with E-state index in [4.69, 9.17) is 5.73 Å². The highest BCUT2D eigenvalue weighted by molar-refractivity contribution is 5.81. The first-order valence-electron chi connectivity index (χ1n) is 6.14. The second-order valence-corrected chi connectivity index (χ2v) is 5.25. The minimum Gasteiger partial charge on any atom is -0.341 e. The Morgan fingerprint density at radius 3 is 2.31 bits per heavy atom. The van der Waals surface area contributed by atoms with Gasteiger partial charge in [-0.3, -0.25) is 4.79 Å². The summed E-state index contributed by atoms with van der Waals surface area (Å²) < 4.78 is 0. The topological polar surface area (TPSA) is 49.6 Å². The molecule has 1 atom stereocenters. The van der Waals surface area contributed by atoms with Crippen molar-refractivity contribution in [1.29, 1.82) is 0 Å². The summed E-state index contributed by atoms with van der Waals surface area (Å²) in [4.78, 5) is 16.2. The molecule has 1 aliphatic heterocycles. The van der Waals surface area contributed by atoms with E-state index in [-0.39, 0.29) is 17.9 Å². The normalized spacial score (nSPS) is 21.1. The number of carbonyl (C=O) groups is 1. The average molecular weight is 227 g/mol. The zero-order valence-corrected chi connectivity index (χ0v) is 10.9. The summed E-state index contributed by atoms with van der Waals surface area (Å²) in [5, 5.41) is 0. The summed E-state index contributed by atoms with van der Waals surface area (Å²) >= 11 is 0. The molecule has 94 valence electrons. The predicted molar refractivity (Wildman–Crippen MR) is 66.1 cm³/mol. The van der Waals surface area contributed by atoms with Gasteiger partial charge in [0.1, 0.15) is 0 Å². The summed E-state index contributed by atoms with van der Waals surface area (Å²) in [7, 11) is 4.01. The monoisotopic (exact) mass is 227 g/mol. The van der Waals surface area contributed by atoms with Crippen LogP contribution in [0, 0.1) is 5.92 Å². The van der Waals surface area contributed by atoms with Gasteiger partial charge in [-0.05, 0) is 38.9 Å². The Bertz CT molecular complexity index is 234. The smallest absolute Gasteiger partial charge is 0.239 e. The van der Waals surface area contributed by atoms with Crippen molar-refractivity contribution in [2.75, 3.05) is 27.2 Å². The highest BCUT2D eigenvalue weighted by Gasteiger charge is 2.28. The van der Waals surface area contributed by atoms with Gasteiger partial charge in [-0.15, -0.1) is 0 Å². The van der Waals surface area contributed by atoms with Crippen molar-refractivity contribution in [2.45, 2.75) is 38.8 Å². The molecule has 1 heterocycles. The summed E-state index contributed by atoms with van der Waals surface area (Å²) in [5.74, 6) is 0.297. The first kappa shape index (κ1) is 13.5. The van der Waals surface area contributed by atoms with Crippen LogP contribution in [0.5, 0.6) is 0 Å². The van der Waals surface area contributed by atoms with Crippen LogP contribution in [0.2, 0.25) is 0 Å². The molecule has 0 aromatic carbocycles. The molecule has 0 aromatic heterocycles. The standard InChI is InChI=1S/C12H25N3O/c1-9(2)11(13)12(16)15(4)10-5-7-14(3)8-6-10/h9-11H,5-8,13H2,1-4H3/t11-/m0/s1. The summed E-state index contributed by atoms with van der Waals surface area (Å²) in [6.07, 6.45) is 2.12. The van der Waals surface area contributed by atoms with Crippen molar-refractivity contribution in [1.82, 2.24) is 9.80 Å². The van der Waals surface area contributed by atoms with Crippen molar-refractivity contribution in [3.8, 4) is 0 Å². The lowest BCUT2D eigenvalue weighted by molar-refractivity contribution is -0.135. The quantitative estimate of drug-likeness (QED) is 0.765. The highest BCUT2D eigenvalue weighted by atomic mass is 16.2. The lowest BCUT2D eigenvalue weighted by Crippen LogP contribution is -2.51. The summed E-state index contributed by atoms with van der Waals surface area (Å²) in [6.45, 7) is 6.12. The third-order valence-corrected chi connectivity index (χ3v) is 3.59. The number of nitrogens with two attached hydrogens (primary N) is 1. The van der Waals surface area contributed by atoms with Gasteiger partial charge in [0, 0.05) is 13.1 Å². The molecule has 2 N–H and O–H groups in total. The van der Waals surface area contributed by atoms with Gasteiger partial charge in [0.05, 0.1) is 6.04 Å². The number of piperidine rings is 1. The maximum absolute atomic E-state index is 12.1. The van der Waals surface area contributed by atoms with Crippen molar-refractivity contribution in [3.05, 3.63) is 0 Å². The van der Waals surface area contributed by atoms with Crippen molar-refractivity contribution < 1.29 is 4.79 Å². The molecule has 0 bridgehead atoms. The summed E-state index contributed by atoms with van der Waals surface area (Å²) in [5.41, 5.74) is 5.89. The Hall–Kier alpha value is -0.610. The Morgan fingerprint density at radius 2 is 1.88 bits per heavy atom. The zero-order valence-electron chi connectivity index (χ0n) is 10.9.